The Balaban J connectivity index is 1.09. The zero-order valence-electron chi connectivity index (χ0n) is 29.7. The molecule has 3 unspecified atom stereocenters. The number of benzene rings is 2. The quantitative estimate of drug-likeness (QED) is 0.140. The summed E-state index contributed by atoms with van der Waals surface area (Å²) < 4.78 is 21.2. The summed E-state index contributed by atoms with van der Waals surface area (Å²) in [6.07, 6.45) is 11.4. The third-order valence-corrected chi connectivity index (χ3v) is 11.6. The van der Waals surface area contributed by atoms with Crippen molar-refractivity contribution in [3.8, 4) is 33.6 Å². The Morgan fingerprint density at radius 1 is 1.04 bits per heavy atom. The summed E-state index contributed by atoms with van der Waals surface area (Å²) in [6.45, 7) is 4.57. The minimum atomic E-state index is -0.918. The number of amides is 1. The minimum Gasteiger partial charge on any atom is -0.453 e. The van der Waals surface area contributed by atoms with E-state index >= 15 is 4.39 Å². The van der Waals surface area contributed by atoms with Crippen LogP contribution in [0.3, 0.4) is 0 Å². The number of imidazole rings is 1. The van der Waals surface area contributed by atoms with Gasteiger partial charge in [0.2, 0.25) is 0 Å². The van der Waals surface area contributed by atoms with E-state index in [2.05, 4.69) is 20.3 Å². The van der Waals surface area contributed by atoms with Crippen molar-refractivity contribution in [2.75, 3.05) is 13.7 Å². The summed E-state index contributed by atoms with van der Waals surface area (Å²) >= 11 is 0. The lowest BCUT2D eigenvalue weighted by Crippen LogP contribution is -2.54. The molecule has 3 aromatic heterocycles. The molecule has 52 heavy (non-hydrogen) atoms. The van der Waals surface area contributed by atoms with Gasteiger partial charge in [-0.15, -0.1) is 0 Å². The second-order valence-corrected chi connectivity index (χ2v) is 15.1. The van der Waals surface area contributed by atoms with E-state index in [1.54, 1.807) is 30.6 Å². The number of H-pyrrole nitrogens is 2. The fourth-order valence-electron chi connectivity index (χ4n) is 8.95. The van der Waals surface area contributed by atoms with Crippen LogP contribution in [0.2, 0.25) is 0 Å². The third-order valence-electron chi connectivity index (χ3n) is 11.6. The van der Waals surface area contributed by atoms with E-state index in [4.69, 9.17) is 14.7 Å². The van der Waals surface area contributed by atoms with Crippen LogP contribution < -0.4 is 10.9 Å². The van der Waals surface area contributed by atoms with Crippen LogP contribution in [0.4, 0.5) is 9.18 Å². The molecule has 8 rings (SSSR count). The molecular formula is C40H44FN7O4. The molecule has 11 nitrogen and oxygen atoms in total. The molecule has 3 aliphatic rings. The molecule has 4 N–H and O–H groups in total. The first-order chi connectivity index (χ1) is 25.1. The predicted octanol–water partition coefficient (Wildman–Crippen LogP) is 6.68. The van der Waals surface area contributed by atoms with Crippen LogP contribution in [0.25, 0.3) is 44.5 Å². The molecule has 1 spiro atoms. The Morgan fingerprint density at radius 2 is 1.83 bits per heavy atom. The fraction of sp³-hybridized carbons (Fsp3) is 0.425. The van der Waals surface area contributed by atoms with Crippen molar-refractivity contribution in [1.29, 1.82) is 0 Å². The van der Waals surface area contributed by atoms with Gasteiger partial charge in [0.25, 0.3) is 5.56 Å². The van der Waals surface area contributed by atoms with E-state index in [9.17, 15) is 14.7 Å². The number of carbonyl (C=O) groups excluding carboxylic acids is 1. The van der Waals surface area contributed by atoms with Crippen LogP contribution >= 0.6 is 0 Å². The molecule has 0 radical (unpaired) electrons. The van der Waals surface area contributed by atoms with E-state index in [1.165, 1.54) is 26.3 Å². The number of halogens is 1. The molecule has 1 amide bonds. The van der Waals surface area contributed by atoms with E-state index in [1.807, 2.05) is 36.9 Å². The Hall–Kier alpha value is -4.94. The van der Waals surface area contributed by atoms with Crippen LogP contribution in [0.5, 0.6) is 0 Å². The van der Waals surface area contributed by atoms with Crippen molar-refractivity contribution in [2.24, 2.45) is 11.3 Å². The maximum atomic E-state index is 16.4. The van der Waals surface area contributed by atoms with Gasteiger partial charge in [-0.3, -0.25) is 14.7 Å². The second-order valence-electron chi connectivity index (χ2n) is 15.1. The molecular weight excluding hydrogens is 661 g/mol. The zero-order chi connectivity index (χ0) is 36.1. The van der Waals surface area contributed by atoms with Crippen LogP contribution in [-0.2, 0) is 17.6 Å². The van der Waals surface area contributed by atoms with Crippen molar-refractivity contribution < 1.29 is 19.0 Å². The first-order valence-corrected chi connectivity index (χ1v) is 18.3. The molecule has 4 heterocycles. The number of hydrogen-bond acceptors (Lipinski definition) is 8. The van der Waals surface area contributed by atoms with Crippen molar-refractivity contribution in [3.63, 3.8) is 0 Å². The van der Waals surface area contributed by atoms with Crippen molar-refractivity contribution >= 4 is 17.0 Å². The number of likely N-dealkylation sites (tertiary alicyclic amines) is 1. The monoisotopic (exact) mass is 705 g/mol. The lowest BCUT2D eigenvalue weighted by Gasteiger charge is -2.35. The molecule has 2 aromatic carbocycles. The van der Waals surface area contributed by atoms with Gasteiger partial charge in [-0.2, -0.15) is 0 Å². The Bertz CT molecular complexity index is 2190. The van der Waals surface area contributed by atoms with Crippen molar-refractivity contribution in [1.82, 2.24) is 35.1 Å². The fourth-order valence-corrected chi connectivity index (χ4v) is 8.95. The summed E-state index contributed by atoms with van der Waals surface area (Å²) in [5.41, 5.74) is 7.03. The van der Waals surface area contributed by atoms with Gasteiger partial charge < -0.3 is 25.1 Å². The normalized spacial score (nSPS) is 19.4. The maximum absolute atomic E-state index is 16.4. The minimum absolute atomic E-state index is 0.0243. The molecule has 270 valence electrons. The second kappa shape index (κ2) is 13.6. The molecule has 1 saturated heterocycles. The maximum Gasteiger partial charge on any atom is 0.407 e. The number of alkyl carbamates (subject to hydrolysis) is 1. The third kappa shape index (κ3) is 6.07. The highest BCUT2D eigenvalue weighted by molar-refractivity contribution is 5.86. The number of carbonyl (C=O) groups is 1. The Labute approximate surface area is 301 Å². The first-order valence-electron chi connectivity index (χ1n) is 18.3. The average molecular weight is 706 g/mol. The molecule has 0 bridgehead atoms. The lowest BCUT2D eigenvalue weighted by molar-refractivity contribution is -0.0440. The summed E-state index contributed by atoms with van der Waals surface area (Å²) in [7, 11) is 1.31. The van der Waals surface area contributed by atoms with Crippen LogP contribution in [0, 0.1) is 17.2 Å². The van der Waals surface area contributed by atoms with Gasteiger partial charge in [0.1, 0.15) is 17.9 Å². The topological polar surface area (TPSA) is 149 Å². The number of ether oxygens (including phenoxy) is 1. The molecule has 1 saturated carbocycles. The van der Waals surface area contributed by atoms with Crippen LogP contribution in [0.15, 0.2) is 59.9 Å². The number of hydrogen-bond donors (Lipinski definition) is 4. The van der Waals surface area contributed by atoms with Crippen LogP contribution in [0.1, 0.15) is 75.4 Å². The molecule has 2 fully saturated rings. The molecule has 12 heteroatoms. The van der Waals surface area contributed by atoms with E-state index in [0.29, 0.717) is 34.3 Å². The van der Waals surface area contributed by atoms with Gasteiger partial charge in [0.05, 0.1) is 54.0 Å². The lowest BCUT2D eigenvalue weighted by atomic mass is 9.82. The van der Waals surface area contributed by atoms with E-state index < -0.39 is 18.4 Å². The number of aromatic nitrogens is 5. The molecule has 1 aliphatic heterocycles. The van der Waals surface area contributed by atoms with Gasteiger partial charge in [0.15, 0.2) is 0 Å². The van der Waals surface area contributed by atoms with E-state index in [0.717, 1.165) is 72.3 Å². The molecule has 5 aromatic rings. The number of nitrogens with one attached hydrogen (secondary N) is 3. The highest BCUT2D eigenvalue weighted by Gasteiger charge is 2.43. The van der Waals surface area contributed by atoms with Gasteiger partial charge in [-0.05, 0) is 96.9 Å². The van der Waals surface area contributed by atoms with E-state index in [-0.39, 0.29) is 28.8 Å². The smallest absolute Gasteiger partial charge is 0.407 e. The number of nitrogens with zero attached hydrogens (tertiary/aromatic N) is 4. The van der Waals surface area contributed by atoms with Gasteiger partial charge in [-0.1, -0.05) is 32.8 Å². The highest BCUT2D eigenvalue weighted by atomic mass is 19.1. The number of fused-ring (bicyclic) bond motifs is 2. The van der Waals surface area contributed by atoms with Crippen molar-refractivity contribution in [3.05, 3.63) is 88.2 Å². The summed E-state index contributed by atoms with van der Waals surface area (Å²) in [6, 6.07) is 10.3. The molecule has 2 aliphatic carbocycles. The SMILES string of the molecule is COC(=O)NC(C(C)C)C(O)N1CCCC1c1ncc(-c2ccc(-c3cc(F)c(-c4ccc5nc[nH]c(=O)c5c4)c4c3CC3(CCCC3)C4)nc2)[nH]1. The number of aliphatic hydroxyl groups is 1. The Kier molecular flexibility index (Phi) is 8.91. The number of aliphatic hydroxyl groups excluding tert-OH is 1. The number of aromatic amines is 2. The standard InChI is InChI=1S/C40H44FN7O4/c1-22(2)35(47-39(51)52-3)38(50)48-14-6-7-33(48)36-43-20-32(46-36)24-9-11-30(42-19-24)25-16-29(41)34(28-18-40(17-27(25)28)12-4-5-13-40)23-8-10-31-26(15-23)37(49)45-21-44-31/h8-11,15-16,19-22,33,35,38,50H,4-7,12-14,17-18H2,1-3H3,(H,43,46)(H,47,51)(H,44,45,49). The first kappa shape index (κ1) is 34.2. The largest absolute Gasteiger partial charge is 0.453 e. The zero-order valence-corrected chi connectivity index (χ0v) is 29.7. The number of methoxy groups -OCH3 is 1. The molecule has 3 atom stereocenters. The predicted molar refractivity (Wildman–Crippen MR) is 196 cm³/mol. The number of rotatable bonds is 8. The summed E-state index contributed by atoms with van der Waals surface area (Å²) in [5, 5.41) is 14.6. The van der Waals surface area contributed by atoms with Gasteiger partial charge in [-0.25, -0.2) is 19.2 Å². The highest BCUT2D eigenvalue weighted by Crippen LogP contribution is 2.53. The van der Waals surface area contributed by atoms with Gasteiger partial charge >= 0.3 is 6.09 Å². The average Bonchev–Trinajstić information content (AvgIpc) is 3.97. The summed E-state index contributed by atoms with van der Waals surface area (Å²) in [5.74, 6) is 0.390. The summed E-state index contributed by atoms with van der Waals surface area (Å²) in [4.78, 5) is 46.6. The Morgan fingerprint density at radius 3 is 2.58 bits per heavy atom. The van der Waals surface area contributed by atoms with Crippen LogP contribution in [-0.4, -0.2) is 66.9 Å². The van der Waals surface area contributed by atoms with Gasteiger partial charge in [0, 0.05) is 29.4 Å². The van der Waals surface area contributed by atoms with Crippen molar-refractivity contribution in [2.45, 2.75) is 83.5 Å². The number of pyridine rings is 1.